The SMILES string of the molecule is COc1cc(-c2c(Cl)ccc3c(=O)n(C)ccc23)cc2c1c(=O)n(Cc1ncn(C)n1)c(=O)n2Cc1cc(F)c(F)c(F)c1. The average Bonchev–Trinajstić information content (AvgIpc) is 3.41. The van der Waals surface area contributed by atoms with Crippen molar-refractivity contribution in [2.75, 3.05) is 7.11 Å². The first kappa shape index (κ1) is 28.9. The zero-order valence-electron chi connectivity index (χ0n) is 23.4. The van der Waals surface area contributed by atoms with Crippen LogP contribution >= 0.6 is 11.6 Å². The van der Waals surface area contributed by atoms with Crippen LogP contribution in [0.5, 0.6) is 5.75 Å². The number of aryl methyl sites for hydroxylation is 2. The molecule has 14 heteroatoms. The molecule has 0 aliphatic carbocycles. The van der Waals surface area contributed by atoms with Gasteiger partial charge in [-0.25, -0.2) is 22.9 Å². The molecule has 3 aromatic carbocycles. The molecule has 0 atom stereocenters. The van der Waals surface area contributed by atoms with E-state index in [9.17, 15) is 27.6 Å². The van der Waals surface area contributed by atoms with Crippen molar-refractivity contribution in [2.24, 2.45) is 14.1 Å². The zero-order chi connectivity index (χ0) is 31.4. The predicted molar refractivity (Wildman–Crippen MR) is 158 cm³/mol. The van der Waals surface area contributed by atoms with E-state index in [2.05, 4.69) is 10.1 Å². The van der Waals surface area contributed by atoms with Gasteiger partial charge in [0.2, 0.25) is 0 Å². The second kappa shape index (κ2) is 10.8. The lowest BCUT2D eigenvalue weighted by atomic mass is 9.97. The van der Waals surface area contributed by atoms with Crippen molar-refractivity contribution in [2.45, 2.75) is 13.1 Å². The number of nitrogens with zero attached hydrogens (tertiary/aromatic N) is 6. The molecule has 0 aliphatic rings. The Bertz CT molecular complexity index is 2300. The van der Waals surface area contributed by atoms with Crippen molar-refractivity contribution in [3.63, 3.8) is 0 Å². The Kier molecular flexibility index (Phi) is 7.12. The maximum Gasteiger partial charge on any atom is 0.332 e. The fourth-order valence-corrected chi connectivity index (χ4v) is 5.54. The van der Waals surface area contributed by atoms with Crippen LogP contribution in [0.4, 0.5) is 13.2 Å². The summed E-state index contributed by atoms with van der Waals surface area (Å²) in [5.41, 5.74) is -1.06. The second-order valence-electron chi connectivity index (χ2n) is 10.2. The fourth-order valence-electron chi connectivity index (χ4n) is 5.27. The normalized spacial score (nSPS) is 11.5. The molecule has 0 fully saturated rings. The molecule has 0 spiro atoms. The molecule has 0 radical (unpaired) electrons. The van der Waals surface area contributed by atoms with E-state index >= 15 is 0 Å². The minimum absolute atomic E-state index is 0.0258. The lowest BCUT2D eigenvalue weighted by Crippen LogP contribution is -2.41. The third-order valence-corrected chi connectivity index (χ3v) is 7.66. The molecule has 224 valence electrons. The van der Waals surface area contributed by atoms with Gasteiger partial charge in [0.25, 0.3) is 11.1 Å². The highest BCUT2D eigenvalue weighted by Crippen LogP contribution is 2.38. The number of rotatable bonds is 6. The Morgan fingerprint density at radius 1 is 0.886 bits per heavy atom. The van der Waals surface area contributed by atoms with Crippen molar-refractivity contribution in [1.82, 2.24) is 28.5 Å². The molecular weight excluding hydrogens is 601 g/mol. The monoisotopic (exact) mass is 622 g/mol. The first-order valence-corrected chi connectivity index (χ1v) is 13.5. The molecule has 0 aliphatic heterocycles. The van der Waals surface area contributed by atoms with Crippen molar-refractivity contribution < 1.29 is 17.9 Å². The molecule has 0 unspecified atom stereocenters. The van der Waals surface area contributed by atoms with Gasteiger partial charge < -0.3 is 9.30 Å². The van der Waals surface area contributed by atoms with E-state index in [1.165, 1.54) is 28.8 Å². The van der Waals surface area contributed by atoms with Crippen molar-refractivity contribution in [3.05, 3.63) is 120 Å². The summed E-state index contributed by atoms with van der Waals surface area (Å²) < 4.78 is 52.6. The Morgan fingerprint density at radius 2 is 1.61 bits per heavy atom. The van der Waals surface area contributed by atoms with Gasteiger partial charge in [0, 0.05) is 36.3 Å². The second-order valence-corrected chi connectivity index (χ2v) is 10.6. The Balaban J connectivity index is 1.70. The molecule has 6 rings (SSSR count). The Hall–Kier alpha value is -5.17. The van der Waals surface area contributed by atoms with Crippen LogP contribution in [-0.2, 0) is 27.2 Å². The number of halogens is 4. The van der Waals surface area contributed by atoms with Gasteiger partial charge in [-0.1, -0.05) is 11.6 Å². The summed E-state index contributed by atoms with van der Waals surface area (Å²) in [6.45, 7) is -0.764. The number of benzene rings is 3. The van der Waals surface area contributed by atoms with Gasteiger partial charge in [-0.3, -0.25) is 23.4 Å². The summed E-state index contributed by atoms with van der Waals surface area (Å²) in [5.74, 6) is -4.31. The quantitative estimate of drug-likeness (QED) is 0.260. The summed E-state index contributed by atoms with van der Waals surface area (Å²) >= 11 is 6.66. The number of fused-ring (bicyclic) bond motifs is 2. The molecule has 3 aromatic heterocycles. The van der Waals surface area contributed by atoms with Gasteiger partial charge in [0.15, 0.2) is 23.3 Å². The van der Waals surface area contributed by atoms with E-state index < -0.39 is 35.2 Å². The molecule has 3 heterocycles. The number of hydrogen-bond donors (Lipinski definition) is 0. The Labute approximate surface area is 250 Å². The minimum atomic E-state index is -1.65. The van der Waals surface area contributed by atoms with Crippen molar-refractivity contribution in [3.8, 4) is 16.9 Å². The lowest BCUT2D eigenvalue weighted by Gasteiger charge is -2.18. The van der Waals surface area contributed by atoms with E-state index in [1.54, 1.807) is 44.6 Å². The van der Waals surface area contributed by atoms with Crippen molar-refractivity contribution in [1.29, 1.82) is 0 Å². The van der Waals surface area contributed by atoms with Crippen LogP contribution in [0, 0.1) is 17.5 Å². The highest BCUT2D eigenvalue weighted by molar-refractivity contribution is 6.35. The molecule has 0 saturated heterocycles. The van der Waals surface area contributed by atoms with E-state index in [1.807, 2.05) is 0 Å². The van der Waals surface area contributed by atoms with Gasteiger partial charge in [-0.15, -0.1) is 0 Å². The number of ether oxygens (including phenoxy) is 1. The largest absolute Gasteiger partial charge is 0.496 e. The molecule has 0 saturated carbocycles. The molecule has 0 amide bonds. The topological polar surface area (TPSA) is 106 Å². The predicted octanol–water partition coefficient (Wildman–Crippen LogP) is 3.99. The molecule has 10 nitrogen and oxygen atoms in total. The van der Waals surface area contributed by atoms with Crippen LogP contribution in [0.3, 0.4) is 0 Å². The van der Waals surface area contributed by atoms with E-state index in [4.69, 9.17) is 16.3 Å². The Morgan fingerprint density at radius 3 is 2.27 bits per heavy atom. The van der Waals surface area contributed by atoms with Gasteiger partial charge >= 0.3 is 5.69 Å². The molecular formula is C30H22ClF3N6O4. The lowest BCUT2D eigenvalue weighted by molar-refractivity contribution is 0.418. The van der Waals surface area contributed by atoms with E-state index in [0.717, 1.165) is 21.3 Å². The van der Waals surface area contributed by atoms with Crippen molar-refractivity contribution >= 4 is 33.3 Å². The highest BCUT2D eigenvalue weighted by atomic mass is 35.5. The summed E-state index contributed by atoms with van der Waals surface area (Å²) in [4.78, 5) is 44.8. The fraction of sp³-hybridized carbons (Fsp3) is 0.167. The van der Waals surface area contributed by atoms with Crippen LogP contribution in [-0.4, -0.2) is 35.6 Å². The number of aromatic nitrogens is 6. The number of methoxy groups -OCH3 is 1. The van der Waals surface area contributed by atoms with Gasteiger partial charge in [-0.2, -0.15) is 5.10 Å². The first-order valence-electron chi connectivity index (χ1n) is 13.1. The third kappa shape index (κ3) is 4.74. The van der Waals surface area contributed by atoms with Crippen LogP contribution < -0.4 is 21.5 Å². The number of pyridine rings is 1. The third-order valence-electron chi connectivity index (χ3n) is 7.34. The number of hydrogen-bond acceptors (Lipinski definition) is 6. The summed E-state index contributed by atoms with van der Waals surface area (Å²) in [7, 11) is 4.57. The maximum absolute atomic E-state index is 14.2. The first-order chi connectivity index (χ1) is 21.0. The smallest absolute Gasteiger partial charge is 0.332 e. The summed E-state index contributed by atoms with van der Waals surface area (Å²) in [6, 6.07) is 9.47. The molecule has 6 aromatic rings. The van der Waals surface area contributed by atoms with Crippen LogP contribution in [0.2, 0.25) is 5.02 Å². The van der Waals surface area contributed by atoms with Crippen LogP contribution in [0.15, 0.2) is 69.4 Å². The average molecular weight is 623 g/mol. The van der Waals surface area contributed by atoms with E-state index in [-0.39, 0.29) is 45.2 Å². The van der Waals surface area contributed by atoms with Gasteiger partial charge in [0.05, 0.1) is 25.7 Å². The van der Waals surface area contributed by atoms with Crippen LogP contribution in [0.1, 0.15) is 11.4 Å². The minimum Gasteiger partial charge on any atom is -0.496 e. The molecule has 44 heavy (non-hydrogen) atoms. The van der Waals surface area contributed by atoms with Crippen LogP contribution in [0.25, 0.3) is 32.8 Å². The zero-order valence-corrected chi connectivity index (χ0v) is 24.2. The molecule has 0 bridgehead atoms. The summed E-state index contributed by atoms with van der Waals surface area (Å²) in [5, 5.41) is 5.28. The van der Waals surface area contributed by atoms with Gasteiger partial charge in [-0.05, 0) is 59.0 Å². The molecule has 0 N–H and O–H groups in total. The van der Waals surface area contributed by atoms with Gasteiger partial charge in [0.1, 0.15) is 17.5 Å². The maximum atomic E-state index is 14.2. The van der Waals surface area contributed by atoms with E-state index in [0.29, 0.717) is 21.9 Å². The summed E-state index contributed by atoms with van der Waals surface area (Å²) in [6.07, 6.45) is 2.98. The highest BCUT2D eigenvalue weighted by Gasteiger charge is 2.22. The standard InChI is InChI=1S/C30H22ClF3N6O4/c1-37-7-6-17-18(28(37)41)4-5-19(31)25(17)16-10-22-26(23(11-16)44-3)29(42)40(13-24-35-14-38(2)36-24)30(43)39(22)12-15-8-20(32)27(34)21(33)9-15/h4-11,14H,12-13H2,1-3H3.